The van der Waals surface area contributed by atoms with Crippen LogP contribution in [0.5, 0.6) is 0 Å². The van der Waals surface area contributed by atoms with Gasteiger partial charge in [0.15, 0.2) is 0 Å². The van der Waals surface area contributed by atoms with Gasteiger partial charge < -0.3 is 10.2 Å². The summed E-state index contributed by atoms with van der Waals surface area (Å²) in [6.07, 6.45) is 2.63. The Morgan fingerprint density at radius 3 is 2.22 bits per heavy atom. The van der Waals surface area contributed by atoms with Crippen LogP contribution in [-0.2, 0) is 6.42 Å². The molecule has 0 aliphatic carbocycles. The first-order chi connectivity index (χ1) is 11.0. The third kappa shape index (κ3) is 3.42. The Hall–Kier alpha value is -2.62. The van der Waals surface area contributed by atoms with Gasteiger partial charge in [0.1, 0.15) is 0 Å². The molecule has 2 N–H and O–H groups in total. The molecule has 0 aliphatic heterocycles. The van der Waals surface area contributed by atoms with E-state index in [0.29, 0.717) is 5.56 Å². The smallest absolute Gasteiger partial charge is 0.336 e. The van der Waals surface area contributed by atoms with Crippen LogP contribution in [0.3, 0.4) is 0 Å². The van der Waals surface area contributed by atoms with Crippen LogP contribution >= 0.6 is 0 Å². The first kappa shape index (κ1) is 16.7. The lowest BCUT2D eigenvalue weighted by Gasteiger charge is -2.17. The van der Waals surface area contributed by atoms with Crippen LogP contribution in [0.2, 0.25) is 0 Å². The van der Waals surface area contributed by atoms with Crippen LogP contribution in [0.25, 0.3) is 11.1 Å². The standard InChI is InChI=1S/C19H20O4/c1-3-4-8-14-11-15(18(20)21)17(19(22)23)12(2)16(14)13-9-6-5-7-10-13/h5-7,9-11H,3-4,8H2,1-2H3,(H,20,21)(H,22,23). The average molecular weight is 312 g/mol. The van der Waals surface area contributed by atoms with Crippen molar-refractivity contribution in [3.8, 4) is 11.1 Å². The van der Waals surface area contributed by atoms with E-state index >= 15 is 0 Å². The fourth-order valence-electron chi connectivity index (χ4n) is 2.90. The largest absolute Gasteiger partial charge is 0.478 e. The van der Waals surface area contributed by atoms with E-state index in [1.54, 1.807) is 6.92 Å². The van der Waals surface area contributed by atoms with Crippen LogP contribution in [0.4, 0.5) is 0 Å². The predicted octanol–water partition coefficient (Wildman–Crippen LogP) is 4.40. The zero-order valence-electron chi connectivity index (χ0n) is 13.3. The van der Waals surface area contributed by atoms with Crippen LogP contribution in [0.15, 0.2) is 36.4 Å². The molecule has 23 heavy (non-hydrogen) atoms. The van der Waals surface area contributed by atoms with Gasteiger partial charge in [-0.2, -0.15) is 0 Å². The monoisotopic (exact) mass is 312 g/mol. The highest BCUT2D eigenvalue weighted by atomic mass is 16.4. The Morgan fingerprint density at radius 1 is 1.04 bits per heavy atom. The third-order valence-electron chi connectivity index (χ3n) is 3.97. The van der Waals surface area contributed by atoms with E-state index in [1.165, 1.54) is 6.07 Å². The second-order valence-electron chi connectivity index (χ2n) is 5.54. The molecule has 0 atom stereocenters. The summed E-state index contributed by atoms with van der Waals surface area (Å²) in [4.78, 5) is 23.1. The summed E-state index contributed by atoms with van der Waals surface area (Å²) < 4.78 is 0. The highest BCUT2D eigenvalue weighted by Crippen LogP contribution is 2.33. The Balaban J connectivity index is 2.78. The molecule has 0 saturated carbocycles. The normalized spacial score (nSPS) is 10.5. The summed E-state index contributed by atoms with van der Waals surface area (Å²) in [5.41, 5.74) is 2.88. The molecule has 0 bridgehead atoms. The fraction of sp³-hybridized carbons (Fsp3) is 0.263. The van der Waals surface area contributed by atoms with Crippen molar-refractivity contribution >= 4 is 11.9 Å². The summed E-state index contributed by atoms with van der Waals surface area (Å²) in [5.74, 6) is -2.41. The molecule has 0 amide bonds. The van der Waals surface area contributed by atoms with Crippen molar-refractivity contribution in [3.63, 3.8) is 0 Å². The quantitative estimate of drug-likeness (QED) is 0.829. The minimum atomic E-state index is -1.21. The first-order valence-electron chi connectivity index (χ1n) is 7.65. The number of carboxylic acid groups (broad SMARTS) is 2. The Bertz CT molecular complexity index is 733. The number of hydrogen-bond acceptors (Lipinski definition) is 2. The van der Waals surface area contributed by atoms with Crippen molar-refractivity contribution in [2.75, 3.05) is 0 Å². The summed E-state index contributed by atoms with van der Waals surface area (Å²) in [7, 11) is 0. The van der Waals surface area contributed by atoms with E-state index in [9.17, 15) is 19.8 Å². The van der Waals surface area contributed by atoms with Crippen molar-refractivity contribution in [1.29, 1.82) is 0 Å². The number of rotatable bonds is 6. The van der Waals surface area contributed by atoms with Crippen molar-refractivity contribution in [3.05, 3.63) is 58.7 Å². The molecule has 0 saturated heterocycles. The number of hydrogen-bond donors (Lipinski definition) is 2. The van der Waals surface area contributed by atoms with E-state index in [4.69, 9.17) is 0 Å². The predicted molar refractivity (Wildman–Crippen MR) is 89.1 cm³/mol. The molecule has 0 spiro atoms. The molecule has 0 radical (unpaired) electrons. The highest BCUT2D eigenvalue weighted by Gasteiger charge is 2.24. The molecule has 0 unspecified atom stereocenters. The van der Waals surface area contributed by atoms with Gasteiger partial charge in [-0.25, -0.2) is 9.59 Å². The third-order valence-corrected chi connectivity index (χ3v) is 3.97. The second-order valence-corrected chi connectivity index (χ2v) is 5.54. The van der Waals surface area contributed by atoms with Gasteiger partial charge in [-0.05, 0) is 48.1 Å². The van der Waals surface area contributed by atoms with Crippen molar-refractivity contribution < 1.29 is 19.8 Å². The topological polar surface area (TPSA) is 74.6 Å². The zero-order chi connectivity index (χ0) is 17.0. The van der Waals surface area contributed by atoms with Gasteiger partial charge in [0.25, 0.3) is 0 Å². The lowest BCUT2D eigenvalue weighted by atomic mass is 9.86. The molecule has 0 aromatic heterocycles. The maximum atomic E-state index is 11.6. The number of carboxylic acids is 2. The van der Waals surface area contributed by atoms with Gasteiger partial charge in [0, 0.05) is 0 Å². The van der Waals surface area contributed by atoms with Crippen LogP contribution in [-0.4, -0.2) is 22.2 Å². The maximum absolute atomic E-state index is 11.6. The summed E-state index contributed by atoms with van der Waals surface area (Å²) in [5, 5.41) is 18.9. The first-order valence-corrected chi connectivity index (χ1v) is 7.65. The zero-order valence-corrected chi connectivity index (χ0v) is 13.3. The minimum absolute atomic E-state index is 0.128. The Kier molecular flexibility index (Phi) is 5.16. The number of aryl methyl sites for hydroxylation is 1. The van der Waals surface area contributed by atoms with Gasteiger partial charge in [-0.15, -0.1) is 0 Å². The molecule has 0 heterocycles. The summed E-state index contributed by atoms with van der Waals surface area (Å²) in [6, 6.07) is 11.0. The molecular weight excluding hydrogens is 292 g/mol. The van der Waals surface area contributed by atoms with Gasteiger partial charge in [0.05, 0.1) is 11.1 Å². The molecule has 2 aromatic carbocycles. The highest BCUT2D eigenvalue weighted by molar-refractivity contribution is 6.04. The molecule has 2 rings (SSSR count). The van der Waals surface area contributed by atoms with Gasteiger partial charge in [0.2, 0.25) is 0 Å². The minimum Gasteiger partial charge on any atom is -0.478 e. The number of benzene rings is 2. The van der Waals surface area contributed by atoms with Crippen molar-refractivity contribution in [2.24, 2.45) is 0 Å². The van der Waals surface area contributed by atoms with E-state index in [2.05, 4.69) is 6.92 Å². The lowest BCUT2D eigenvalue weighted by Crippen LogP contribution is -2.13. The molecule has 4 nitrogen and oxygen atoms in total. The average Bonchev–Trinajstić information content (AvgIpc) is 2.52. The van der Waals surface area contributed by atoms with E-state index in [-0.39, 0.29) is 11.1 Å². The van der Waals surface area contributed by atoms with E-state index in [0.717, 1.165) is 36.0 Å². The van der Waals surface area contributed by atoms with Crippen molar-refractivity contribution in [1.82, 2.24) is 0 Å². The fourth-order valence-corrected chi connectivity index (χ4v) is 2.90. The molecular formula is C19H20O4. The Morgan fingerprint density at radius 2 is 1.70 bits per heavy atom. The van der Waals surface area contributed by atoms with Crippen LogP contribution < -0.4 is 0 Å². The molecule has 0 fully saturated rings. The lowest BCUT2D eigenvalue weighted by molar-refractivity contribution is 0.0650. The van der Waals surface area contributed by atoms with Gasteiger partial charge >= 0.3 is 11.9 Å². The molecule has 2 aromatic rings. The van der Waals surface area contributed by atoms with E-state index in [1.807, 2.05) is 30.3 Å². The van der Waals surface area contributed by atoms with Crippen molar-refractivity contribution in [2.45, 2.75) is 33.1 Å². The number of aromatic carboxylic acids is 2. The van der Waals surface area contributed by atoms with Gasteiger partial charge in [-0.3, -0.25) is 0 Å². The summed E-state index contributed by atoms with van der Waals surface area (Å²) >= 11 is 0. The Labute approximate surface area is 135 Å². The summed E-state index contributed by atoms with van der Waals surface area (Å²) in [6.45, 7) is 3.76. The van der Waals surface area contributed by atoms with E-state index < -0.39 is 11.9 Å². The maximum Gasteiger partial charge on any atom is 0.336 e. The number of carbonyl (C=O) groups is 2. The molecule has 120 valence electrons. The molecule has 4 heteroatoms. The van der Waals surface area contributed by atoms with Gasteiger partial charge in [-0.1, -0.05) is 43.7 Å². The molecule has 0 aliphatic rings. The van der Waals surface area contributed by atoms with Crippen LogP contribution in [0, 0.1) is 6.92 Å². The number of unbranched alkanes of at least 4 members (excludes halogenated alkanes) is 1. The second kappa shape index (κ2) is 7.09. The van der Waals surface area contributed by atoms with Crippen LogP contribution in [0.1, 0.15) is 51.6 Å². The SMILES string of the molecule is CCCCc1cc(C(=O)O)c(C(=O)O)c(C)c1-c1ccccc1.